The lowest BCUT2D eigenvalue weighted by Crippen LogP contribution is -2.26. The van der Waals surface area contributed by atoms with Crippen molar-refractivity contribution in [1.29, 1.82) is 0 Å². The van der Waals surface area contributed by atoms with E-state index in [1.807, 2.05) is 74.2 Å². The number of nitrogens with one attached hydrogen (secondary N) is 1. The van der Waals surface area contributed by atoms with E-state index in [-0.39, 0.29) is 5.91 Å². The first kappa shape index (κ1) is 19.9. The zero-order chi connectivity index (χ0) is 22.2. The molecule has 7 heteroatoms. The van der Waals surface area contributed by atoms with Gasteiger partial charge in [-0.1, -0.05) is 30.3 Å². The molecule has 3 aromatic heterocycles. The first-order valence-corrected chi connectivity index (χ1v) is 10.6. The first-order valence-electron chi connectivity index (χ1n) is 10.6. The Balaban J connectivity index is 1.42. The number of nitrogens with zero attached hydrogens (tertiary/aromatic N) is 5. The molecule has 0 unspecified atom stereocenters. The fourth-order valence-electron chi connectivity index (χ4n) is 4.05. The summed E-state index contributed by atoms with van der Waals surface area (Å²) in [5, 5.41) is 8.22. The third-order valence-corrected chi connectivity index (χ3v) is 5.99. The minimum absolute atomic E-state index is 0.120. The molecule has 5 rings (SSSR count). The van der Waals surface area contributed by atoms with Crippen LogP contribution in [0.4, 0.5) is 0 Å². The number of hydrogen-bond acceptors (Lipinski definition) is 4. The quantitative estimate of drug-likeness (QED) is 0.466. The van der Waals surface area contributed by atoms with Crippen LogP contribution in [0.2, 0.25) is 0 Å². The van der Waals surface area contributed by atoms with Crippen LogP contribution in [0.3, 0.4) is 0 Å². The number of benzene rings is 2. The van der Waals surface area contributed by atoms with Gasteiger partial charge in [-0.15, -0.1) is 0 Å². The van der Waals surface area contributed by atoms with Gasteiger partial charge in [0.1, 0.15) is 5.82 Å². The number of aromatic nitrogens is 5. The van der Waals surface area contributed by atoms with Crippen molar-refractivity contribution in [2.45, 2.75) is 13.3 Å². The Labute approximate surface area is 185 Å². The maximum absolute atomic E-state index is 13.2. The van der Waals surface area contributed by atoms with Crippen molar-refractivity contribution in [3.63, 3.8) is 0 Å². The molecule has 0 spiro atoms. The van der Waals surface area contributed by atoms with Gasteiger partial charge >= 0.3 is 0 Å². The van der Waals surface area contributed by atoms with E-state index in [1.54, 1.807) is 6.20 Å². The van der Waals surface area contributed by atoms with E-state index < -0.39 is 0 Å². The summed E-state index contributed by atoms with van der Waals surface area (Å²) in [5.74, 6) is 0.822. The van der Waals surface area contributed by atoms with E-state index in [9.17, 15) is 4.79 Å². The van der Waals surface area contributed by atoms with Gasteiger partial charge in [0, 0.05) is 43.7 Å². The highest BCUT2D eigenvalue weighted by molar-refractivity contribution is 6.07. The van der Waals surface area contributed by atoms with E-state index in [0.717, 1.165) is 44.7 Å². The van der Waals surface area contributed by atoms with Crippen LogP contribution in [-0.4, -0.2) is 36.8 Å². The molecule has 7 nitrogen and oxygen atoms in total. The molecule has 32 heavy (non-hydrogen) atoms. The lowest BCUT2D eigenvalue weighted by atomic mass is 10.0. The fourth-order valence-corrected chi connectivity index (χ4v) is 4.05. The Kier molecular flexibility index (Phi) is 4.93. The van der Waals surface area contributed by atoms with Crippen molar-refractivity contribution < 1.29 is 4.79 Å². The molecule has 0 saturated heterocycles. The number of pyridine rings is 1. The lowest BCUT2D eigenvalue weighted by Gasteiger charge is -2.11. The first-order chi connectivity index (χ1) is 15.5. The zero-order valence-electron chi connectivity index (χ0n) is 18.3. The molecule has 3 heterocycles. The van der Waals surface area contributed by atoms with Crippen LogP contribution < -0.4 is 5.32 Å². The number of amides is 1. The lowest BCUT2D eigenvalue weighted by molar-refractivity contribution is 0.0955. The zero-order valence-corrected chi connectivity index (χ0v) is 18.3. The van der Waals surface area contributed by atoms with Crippen LogP contribution in [-0.2, 0) is 20.5 Å². The third-order valence-electron chi connectivity index (χ3n) is 5.99. The van der Waals surface area contributed by atoms with Crippen molar-refractivity contribution in [1.82, 2.24) is 29.6 Å². The summed E-state index contributed by atoms with van der Waals surface area (Å²) in [6.45, 7) is 2.49. The number of carbonyl (C=O) groups is 1. The molecule has 1 amide bonds. The normalized spacial score (nSPS) is 11.3. The molecule has 0 radical (unpaired) electrons. The molecule has 0 saturated carbocycles. The smallest absolute Gasteiger partial charge is 0.252 e. The molecule has 5 aromatic rings. The predicted molar refractivity (Wildman–Crippen MR) is 125 cm³/mol. The molecule has 0 bridgehead atoms. The van der Waals surface area contributed by atoms with Crippen molar-refractivity contribution in [2.24, 2.45) is 14.1 Å². The Morgan fingerprint density at radius 2 is 1.75 bits per heavy atom. The summed E-state index contributed by atoms with van der Waals surface area (Å²) in [6, 6.07) is 17.6. The molecular formula is C25H24N6O. The predicted octanol–water partition coefficient (Wildman–Crippen LogP) is 3.80. The molecule has 2 aromatic carbocycles. The second-order valence-electron chi connectivity index (χ2n) is 7.92. The Morgan fingerprint density at radius 3 is 2.50 bits per heavy atom. The molecule has 160 valence electrons. The number of rotatable bonds is 5. The van der Waals surface area contributed by atoms with Crippen LogP contribution in [0.1, 0.15) is 21.9 Å². The summed E-state index contributed by atoms with van der Waals surface area (Å²) >= 11 is 0. The van der Waals surface area contributed by atoms with E-state index >= 15 is 0 Å². The SMILES string of the molecule is Cc1c(-c2cc(C(=O)NCCc3nc4ccccc4n3C)c3ccccc3n2)cnn1C. The van der Waals surface area contributed by atoms with Crippen LogP contribution in [0.5, 0.6) is 0 Å². The third kappa shape index (κ3) is 3.41. The number of fused-ring (bicyclic) bond motifs is 2. The minimum Gasteiger partial charge on any atom is -0.352 e. The maximum Gasteiger partial charge on any atom is 0.252 e. The van der Waals surface area contributed by atoms with Gasteiger partial charge in [0.25, 0.3) is 5.91 Å². The highest BCUT2D eigenvalue weighted by Gasteiger charge is 2.16. The minimum atomic E-state index is -0.120. The largest absolute Gasteiger partial charge is 0.352 e. The Hall–Kier alpha value is -4.00. The van der Waals surface area contributed by atoms with Gasteiger partial charge in [0.15, 0.2) is 0 Å². The number of aryl methyl sites for hydroxylation is 2. The average Bonchev–Trinajstić information content (AvgIpc) is 3.32. The summed E-state index contributed by atoms with van der Waals surface area (Å²) in [5.41, 5.74) is 6.12. The summed E-state index contributed by atoms with van der Waals surface area (Å²) < 4.78 is 3.88. The second kappa shape index (κ2) is 7.92. The molecular weight excluding hydrogens is 400 g/mol. The van der Waals surface area contributed by atoms with E-state index in [4.69, 9.17) is 4.98 Å². The second-order valence-corrected chi connectivity index (χ2v) is 7.92. The highest BCUT2D eigenvalue weighted by Crippen LogP contribution is 2.26. The topological polar surface area (TPSA) is 77.6 Å². The molecule has 0 aliphatic carbocycles. The number of hydrogen-bond donors (Lipinski definition) is 1. The maximum atomic E-state index is 13.2. The summed E-state index contributed by atoms with van der Waals surface area (Å²) in [6.07, 6.45) is 2.44. The van der Waals surface area contributed by atoms with Crippen LogP contribution in [0.15, 0.2) is 60.8 Å². The van der Waals surface area contributed by atoms with E-state index in [2.05, 4.69) is 26.0 Å². The number of carbonyl (C=O) groups excluding carboxylic acids is 1. The van der Waals surface area contributed by atoms with Gasteiger partial charge in [-0.3, -0.25) is 9.48 Å². The average molecular weight is 425 g/mol. The standard InChI is InChI=1S/C25H24N6O/c1-16-19(15-27-31(16)3)22-14-18(17-8-4-5-9-20(17)28-22)25(32)26-13-12-24-29-21-10-6-7-11-23(21)30(24)2/h4-11,14-15H,12-13H2,1-3H3,(H,26,32). The van der Waals surface area contributed by atoms with Gasteiger partial charge in [-0.2, -0.15) is 5.10 Å². The number of imidazole rings is 1. The highest BCUT2D eigenvalue weighted by atomic mass is 16.1. The van der Waals surface area contributed by atoms with Crippen molar-refractivity contribution in [3.05, 3.63) is 77.9 Å². The Morgan fingerprint density at radius 1 is 1.00 bits per heavy atom. The van der Waals surface area contributed by atoms with Gasteiger partial charge < -0.3 is 9.88 Å². The van der Waals surface area contributed by atoms with Crippen LogP contribution in [0, 0.1) is 6.92 Å². The summed E-state index contributed by atoms with van der Waals surface area (Å²) in [7, 11) is 3.90. The molecule has 0 aliphatic rings. The molecule has 1 N–H and O–H groups in total. The molecule has 0 fully saturated rings. The van der Waals surface area contributed by atoms with E-state index in [1.165, 1.54) is 0 Å². The van der Waals surface area contributed by atoms with Gasteiger partial charge in [0.05, 0.1) is 34.0 Å². The fraction of sp³-hybridized carbons (Fsp3) is 0.200. The van der Waals surface area contributed by atoms with Crippen molar-refractivity contribution in [3.8, 4) is 11.3 Å². The summed E-state index contributed by atoms with van der Waals surface area (Å²) in [4.78, 5) is 22.7. The van der Waals surface area contributed by atoms with E-state index in [0.29, 0.717) is 18.5 Å². The van der Waals surface area contributed by atoms with Crippen LogP contribution >= 0.6 is 0 Å². The van der Waals surface area contributed by atoms with Crippen molar-refractivity contribution >= 4 is 27.8 Å². The monoisotopic (exact) mass is 424 g/mol. The number of para-hydroxylation sites is 3. The van der Waals surface area contributed by atoms with Gasteiger partial charge in [-0.25, -0.2) is 9.97 Å². The van der Waals surface area contributed by atoms with Gasteiger partial charge in [0.2, 0.25) is 0 Å². The van der Waals surface area contributed by atoms with Crippen LogP contribution in [0.25, 0.3) is 33.2 Å². The van der Waals surface area contributed by atoms with Gasteiger partial charge in [-0.05, 0) is 31.2 Å². The Bertz CT molecular complexity index is 1460. The molecule has 0 atom stereocenters. The molecule has 0 aliphatic heterocycles. The van der Waals surface area contributed by atoms with Crippen molar-refractivity contribution in [2.75, 3.05) is 6.54 Å².